The highest BCUT2D eigenvalue weighted by Crippen LogP contribution is 2.06. The number of aryl methyl sites for hydroxylation is 2. The molecule has 7 heteroatoms. The van der Waals surface area contributed by atoms with Gasteiger partial charge in [-0.3, -0.25) is 9.36 Å². The van der Waals surface area contributed by atoms with Crippen LogP contribution in [-0.2, 0) is 6.54 Å². The van der Waals surface area contributed by atoms with Crippen molar-refractivity contribution in [1.29, 1.82) is 0 Å². The molecule has 0 spiro atoms. The first-order chi connectivity index (χ1) is 7.58. The number of aromatic nitrogens is 4. The van der Waals surface area contributed by atoms with Crippen LogP contribution in [0.4, 0.5) is 0 Å². The van der Waals surface area contributed by atoms with Crippen LogP contribution >= 0.6 is 11.6 Å². The van der Waals surface area contributed by atoms with Gasteiger partial charge in [-0.1, -0.05) is 21.9 Å². The van der Waals surface area contributed by atoms with E-state index in [1.165, 1.54) is 10.6 Å². The average Bonchev–Trinajstić information content (AvgIpc) is 2.57. The Balaban J connectivity index is 2.43. The lowest BCUT2D eigenvalue weighted by molar-refractivity contribution is 0.300. The molecule has 0 saturated heterocycles. The van der Waals surface area contributed by atoms with E-state index in [2.05, 4.69) is 19.9 Å². The minimum absolute atomic E-state index is 0.189. The Kier molecular flexibility index (Phi) is 2.74. The zero-order chi connectivity index (χ0) is 11.7. The lowest BCUT2D eigenvalue weighted by Crippen LogP contribution is -2.23. The topological polar surface area (TPSA) is 73.8 Å². The van der Waals surface area contributed by atoms with Crippen LogP contribution in [0, 0.1) is 13.8 Å². The van der Waals surface area contributed by atoms with E-state index in [0.29, 0.717) is 17.2 Å². The maximum Gasteiger partial charge on any atom is 0.255 e. The predicted molar refractivity (Wildman–Crippen MR) is 56.4 cm³/mol. The largest absolute Gasteiger partial charge is 0.291 e. The summed E-state index contributed by atoms with van der Waals surface area (Å²) in [7, 11) is 0. The summed E-state index contributed by atoms with van der Waals surface area (Å²) in [6.07, 6.45) is 0. The Morgan fingerprint density at radius 2 is 2.19 bits per heavy atom. The predicted octanol–water partition coefficient (Wildman–Crippen LogP) is 0.945. The summed E-state index contributed by atoms with van der Waals surface area (Å²) >= 11 is 5.66. The van der Waals surface area contributed by atoms with Gasteiger partial charge in [0.2, 0.25) is 0 Å². The molecule has 0 N–H and O–H groups in total. The minimum atomic E-state index is -0.222. The third-order valence-corrected chi connectivity index (χ3v) is 2.42. The molecule has 0 aliphatic heterocycles. The molecule has 0 saturated carbocycles. The number of hydrogen-bond acceptors (Lipinski definition) is 5. The van der Waals surface area contributed by atoms with E-state index in [0.717, 1.165) is 0 Å². The molecule has 0 fully saturated rings. The molecule has 0 bridgehead atoms. The highest BCUT2D eigenvalue weighted by atomic mass is 35.5. The summed E-state index contributed by atoms with van der Waals surface area (Å²) in [4.78, 5) is 15.7. The van der Waals surface area contributed by atoms with Crippen molar-refractivity contribution in [3.63, 3.8) is 0 Å². The van der Waals surface area contributed by atoms with E-state index in [4.69, 9.17) is 11.6 Å². The van der Waals surface area contributed by atoms with Crippen molar-refractivity contribution >= 4 is 11.6 Å². The lowest BCUT2D eigenvalue weighted by atomic mass is 10.3. The fourth-order valence-electron chi connectivity index (χ4n) is 1.32. The highest BCUT2D eigenvalue weighted by molar-refractivity contribution is 6.29. The van der Waals surface area contributed by atoms with Crippen molar-refractivity contribution in [3.8, 4) is 0 Å². The van der Waals surface area contributed by atoms with Crippen molar-refractivity contribution in [2.75, 3.05) is 0 Å². The second-order valence-corrected chi connectivity index (χ2v) is 3.73. The van der Waals surface area contributed by atoms with Gasteiger partial charge in [0.15, 0.2) is 0 Å². The second-order valence-electron chi connectivity index (χ2n) is 3.35. The molecule has 2 rings (SSSR count). The normalized spacial score (nSPS) is 10.7. The molecule has 0 aliphatic carbocycles. The van der Waals surface area contributed by atoms with Gasteiger partial charge in [-0.2, -0.15) is 0 Å². The smallest absolute Gasteiger partial charge is 0.255 e. The molecule has 0 amide bonds. The van der Waals surface area contributed by atoms with E-state index < -0.39 is 0 Å². The standard InChI is InChI=1S/C9H9ClN4O2/c1-5-7(13-16-12-5)4-14-6(2)11-8(10)3-9(14)15/h3H,4H2,1-2H3. The Morgan fingerprint density at radius 3 is 2.75 bits per heavy atom. The molecule has 2 aromatic rings. The highest BCUT2D eigenvalue weighted by Gasteiger charge is 2.10. The van der Waals surface area contributed by atoms with Gasteiger partial charge in [-0.05, 0) is 13.8 Å². The van der Waals surface area contributed by atoms with Gasteiger partial charge in [-0.25, -0.2) is 9.61 Å². The first kappa shape index (κ1) is 10.8. The third kappa shape index (κ3) is 1.96. The van der Waals surface area contributed by atoms with E-state index in [1.807, 2.05) is 0 Å². The van der Waals surface area contributed by atoms with Crippen LogP contribution < -0.4 is 5.56 Å². The van der Waals surface area contributed by atoms with Gasteiger partial charge in [0.05, 0.1) is 6.54 Å². The minimum Gasteiger partial charge on any atom is -0.291 e. The Labute approximate surface area is 95.8 Å². The Bertz CT molecular complexity index is 575. The first-order valence-electron chi connectivity index (χ1n) is 4.60. The van der Waals surface area contributed by atoms with E-state index >= 15 is 0 Å². The van der Waals surface area contributed by atoms with Crippen molar-refractivity contribution in [1.82, 2.24) is 19.9 Å². The number of hydrogen-bond donors (Lipinski definition) is 0. The summed E-state index contributed by atoms with van der Waals surface area (Å²) in [5, 5.41) is 7.54. The van der Waals surface area contributed by atoms with Crippen molar-refractivity contribution < 1.29 is 4.63 Å². The van der Waals surface area contributed by atoms with Crippen LogP contribution in [0.3, 0.4) is 0 Å². The molecule has 0 aromatic carbocycles. The van der Waals surface area contributed by atoms with Crippen LogP contribution in [-0.4, -0.2) is 19.9 Å². The zero-order valence-electron chi connectivity index (χ0n) is 8.77. The first-order valence-corrected chi connectivity index (χ1v) is 4.97. The number of nitrogens with zero attached hydrogens (tertiary/aromatic N) is 4. The molecule has 2 heterocycles. The van der Waals surface area contributed by atoms with Gasteiger partial charge in [0.25, 0.3) is 5.56 Å². The fraction of sp³-hybridized carbons (Fsp3) is 0.333. The van der Waals surface area contributed by atoms with Gasteiger partial charge in [-0.15, -0.1) is 0 Å². The Morgan fingerprint density at radius 1 is 1.44 bits per heavy atom. The number of rotatable bonds is 2. The van der Waals surface area contributed by atoms with Crippen molar-refractivity contribution in [3.05, 3.63) is 38.8 Å². The van der Waals surface area contributed by atoms with Gasteiger partial charge < -0.3 is 0 Å². The Hall–Kier alpha value is -1.69. The SMILES string of the molecule is Cc1nonc1Cn1c(C)nc(Cl)cc1=O. The maximum atomic E-state index is 11.7. The summed E-state index contributed by atoms with van der Waals surface area (Å²) in [6.45, 7) is 3.75. The van der Waals surface area contributed by atoms with E-state index in [-0.39, 0.29) is 17.3 Å². The molecule has 2 aromatic heterocycles. The maximum absolute atomic E-state index is 11.7. The van der Waals surface area contributed by atoms with Crippen LogP contribution in [0.1, 0.15) is 17.2 Å². The third-order valence-electron chi connectivity index (χ3n) is 2.22. The summed E-state index contributed by atoms with van der Waals surface area (Å²) in [5.41, 5.74) is 1.04. The van der Waals surface area contributed by atoms with Crippen molar-refractivity contribution in [2.45, 2.75) is 20.4 Å². The summed E-state index contributed by atoms with van der Waals surface area (Å²) in [6, 6.07) is 1.26. The van der Waals surface area contributed by atoms with Crippen LogP contribution in [0.5, 0.6) is 0 Å². The lowest BCUT2D eigenvalue weighted by Gasteiger charge is -2.06. The van der Waals surface area contributed by atoms with Gasteiger partial charge in [0.1, 0.15) is 22.4 Å². The molecule has 16 heavy (non-hydrogen) atoms. The molecule has 0 radical (unpaired) electrons. The molecule has 84 valence electrons. The second kappa shape index (κ2) is 4.05. The molecular formula is C9H9ClN4O2. The molecular weight excluding hydrogens is 232 g/mol. The van der Waals surface area contributed by atoms with Crippen molar-refractivity contribution in [2.24, 2.45) is 0 Å². The zero-order valence-corrected chi connectivity index (χ0v) is 9.52. The quantitative estimate of drug-likeness (QED) is 0.731. The molecule has 0 aliphatic rings. The fourth-order valence-corrected chi connectivity index (χ4v) is 1.54. The van der Waals surface area contributed by atoms with Gasteiger partial charge in [0, 0.05) is 6.07 Å². The van der Waals surface area contributed by atoms with E-state index in [9.17, 15) is 4.79 Å². The van der Waals surface area contributed by atoms with Crippen LogP contribution in [0.2, 0.25) is 5.15 Å². The molecule has 0 unspecified atom stereocenters. The monoisotopic (exact) mass is 240 g/mol. The summed E-state index contributed by atoms with van der Waals surface area (Å²) in [5.74, 6) is 0.528. The van der Waals surface area contributed by atoms with E-state index in [1.54, 1.807) is 13.8 Å². The number of halogens is 1. The van der Waals surface area contributed by atoms with Crippen LogP contribution in [0.15, 0.2) is 15.5 Å². The molecule has 6 nitrogen and oxygen atoms in total. The average molecular weight is 241 g/mol. The summed E-state index contributed by atoms with van der Waals surface area (Å²) < 4.78 is 6.02. The molecule has 0 atom stereocenters. The van der Waals surface area contributed by atoms with Crippen LogP contribution in [0.25, 0.3) is 0 Å². The van der Waals surface area contributed by atoms with Gasteiger partial charge >= 0.3 is 0 Å².